The van der Waals surface area contributed by atoms with Crippen LogP contribution in [0.1, 0.15) is 39.1 Å². The van der Waals surface area contributed by atoms with Crippen molar-refractivity contribution in [1.29, 1.82) is 0 Å². The van der Waals surface area contributed by atoms with E-state index in [1.54, 1.807) is 6.07 Å². The number of rotatable bonds is 6. The van der Waals surface area contributed by atoms with Crippen LogP contribution in [-0.2, 0) is 13.1 Å². The highest BCUT2D eigenvalue weighted by Gasteiger charge is 2.12. The summed E-state index contributed by atoms with van der Waals surface area (Å²) in [5, 5.41) is 11.6. The van der Waals surface area contributed by atoms with Gasteiger partial charge in [0.25, 0.3) is 5.91 Å². The monoisotopic (exact) mass is 341 g/mol. The van der Waals surface area contributed by atoms with Crippen molar-refractivity contribution in [3.05, 3.63) is 58.6 Å². The van der Waals surface area contributed by atoms with Gasteiger partial charge in [0.05, 0.1) is 24.5 Å². The molecular weight excluding hydrogens is 318 g/mol. The number of nitrogens with one attached hydrogen (secondary N) is 1. The standard InChI is InChI=1S/C18H23N5O2/c1-12-9-14(3)22(20-12)8-7-19-18(24)17-6-5-16(25-17)11-23-15(4)10-13(2)21-23/h5-6,9-10H,7-8,11H2,1-4H3,(H,19,24). The smallest absolute Gasteiger partial charge is 0.287 e. The summed E-state index contributed by atoms with van der Waals surface area (Å²) in [7, 11) is 0. The van der Waals surface area contributed by atoms with Gasteiger partial charge >= 0.3 is 0 Å². The van der Waals surface area contributed by atoms with E-state index in [0.29, 0.717) is 31.2 Å². The number of furan rings is 1. The third kappa shape index (κ3) is 3.99. The van der Waals surface area contributed by atoms with E-state index in [2.05, 4.69) is 15.5 Å². The Morgan fingerprint density at radius 2 is 1.68 bits per heavy atom. The summed E-state index contributed by atoms with van der Waals surface area (Å²) in [6, 6.07) is 7.53. The summed E-state index contributed by atoms with van der Waals surface area (Å²) in [6.45, 7) is 9.54. The molecule has 1 amide bonds. The maximum absolute atomic E-state index is 12.2. The molecule has 25 heavy (non-hydrogen) atoms. The fraction of sp³-hybridized carbons (Fsp3) is 0.389. The topological polar surface area (TPSA) is 77.9 Å². The molecule has 0 aliphatic heterocycles. The molecule has 1 N–H and O–H groups in total. The summed E-state index contributed by atoms with van der Waals surface area (Å²) < 4.78 is 9.39. The highest BCUT2D eigenvalue weighted by molar-refractivity contribution is 5.91. The quantitative estimate of drug-likeness (QED) is 0.747. The minimum absolute atomic E-state index is 0.221. The molecule has 0 spiro atoms. The Labute approximate surface area is 146 Å². The average molecular weight is 341 g/mol. The lowest BCUT2D eigenvalue weighted by molar-refractivity contribution is 0.0922. The van der Waals surface area contributed by atoms with E-state index < -0.39 is 0 Å². The SMILES string of the molecule is Cc1cc(C)n(CCNC(=O)c2ccc(Cn3nc(C)cc3C)o2)n1. The summed E-state index contributed by atoms with van der Waals surface area (Å²) >= 11 is 0. The normalized spacial score (nSPS) is 11.0. The molecule has 0 radical (unpaired) electrons. The molecule has 0 unspecified atom stereocenters. The number of aromatic nitrogens is 4. The van der Waals surface area contributed by atoms with Crippen molar-refractivity contribution in [2.24, 2.45) is 0 Å². The van der Waals surface area contributed by atoms with Gasteiger partial charge in [-0.2, -0.15) is 10.2 Å². The number of nitrogens with zero attached hydrogens (tertiary/aromatic N) is 4. The molecule has 132 valence electrons. The van der Waals surface area contributed by atoms with Gasteiger partial charge in [-0.1, -0.05) is 0 Å². The molecule has 3 rings (SSSR count). The molecule has 3 heterocycles. The van der Waals surface area contributed by atoms with Crippen LogP contribution in [0.15, 0.2) is 28.7 Å². The highest BCUT2D eigenvalue weighted by Crippen LogP contribution is 2.11. The molecule has 0 saturated heterocycles. The molecule has 7 heteroatoms. The lowest BCUT2D eigenvalue weighted by Crippen LogP contribution is -2.27. The maximum Gasteiger partial charge on any atom is 0.287 e. The van der Waals surface area contributed by atoms with Gasteiger partial charge in [-0.05, 0) is 52.0 Å². The minimum atomic E-state index is -0.221. The molecule has 0 aliphatic rings. The number of hydrogen-bond acceptors (Lipinski definition) is 4. The van der Waals surface area contributed by atoms with Gasteiger partial charge in [0.1, 0.15) is 5.76 Å². The zero-order valence-electron chi connectivity index (χ0n) is 15.0. The number of hydrogen-bond donors (Lipinski definition) is 1. The van der Waals surface area contributed by atoms with Gasteiger partial charge in [-0.15, -0.1) is 0 Å². The predicted molar refractivity (Wildman–Crippen MR) is 93.5 cm³/mol. The first-order valence-electron chi connectivity index (χ1n) is 8.31. The zero-order chi connectivity index (χ0) is 18.0. The Kier molecular flexibility index (Phi) is 4.74. The van der Waals surface area contributed by atoms with E-state index in [1.807, 2.05) is 55.3 Å². The Balaban J connectivity index is 1.55. The number of carbonyl (C=O) groups excluding carboxylic acids is 1. The van der Waals surface area contributed by atoms with Crippen LogP contribution in [0.4, 0.5) is 0 Å². The van der Waals surface area contributed by atoms with Gasteiger partial charge in [0, 0.05) is 17.9 Å². The zero-order valence-corrected chi connectivity index (χ0v) is 15.0. The third-order valence-corrected chi connectivity index (χ3v) is 4.01. The van der Waals surface area contributed by atoms with Crippen LogP contribution in [0.2, 0.25) is 0 Å². The summed E-state index contributed by atoms with van der Waals surface area (Å²) in [4.78, 5) is 12.2. The largest absolute Gasteiger partial charge is 0.454 e. The van der Waals surface area contributed by atoms with Crippen LogP contribution < -0.4 is 5.32 Å². The number of aryl methyl sites for hydroxylation is 4. The Hall–Kier alpha value is -2.83. The summed E-state index contributed by atoms with van der Waals surface area (Å²) in [6.07, 6.45) is 0. The van der Waals surface area contributed by atoms with Crippen molar-refractivity contribution in [3.63, 3.8) is 0 Å². The van der Waals surface area contributed by atoms with E-state index in [9.17, 15) is 4.79 Å². The third-order valence-electron chi connectivity index (χ3n) is 4.01. The molecule has 0 aliphatic carbocycles. The minimum Gasteiger partial charge on any atom is -0.454 e. The van der Waals surface area contributed by atoms with E-state index >= 15 is 0 Å². The van der Waals surface area contributed by atoms with E-state index in [1.165, 1.54) is 0 Å². The van der Waals surface area contributed by atoms with Crippen LogP contribution in [0.5, 0.6) is 0 Å². The second-order valence-corrected chi connectivity index (χ2v) is 6.26. The lowest BCUT2D eigenvalue weighted by atomic mass is 10.4. The molecule has 3 aromatic rings. The van der Waals surface area contributed by atoms with E-state index in [0.717, 1.165) is 22.8 Å². The van der Waals surface area contributed by atoms with Crippen molar-refractivity contribution >= 4 is 5.91 Å². The molecule has 3 aromatic heterocycles. The number of amides is 1. The van der Waals surface area contributed by atoms with Crippen molar-refractivity contribution in [1.82, 2.24) is 24.9 Å². The summed E-state index contributed by atoms with van der Waals surface area (Å²) in [5.74, 6) is 0.793. The second kappa shape index (κ2) is 6.96. The summed E-state index contributed by atoms with van der Waals surface area (Å²) in [5.41, 5.74) is 4.08. The van der Waals surface area contributed by atoms with Gasteiger partial charge in [0.15, 0.2) is 5.76 Å². The first-order chi connectivity index (χ1) is 11.9. The van der Waals surface area contributed by atoms with Gasteiger partial charge in [-0.3, -0.25) is 14.2 Å². The molecule has 0 aromatic carbocycles. The predicted octanol–water partition coefficient (Wildman–Crippen LogP) is 2.38. The Bertz CT molecular complexity index is 887. The molecule has 0 bridgehead atoms. The van der Waals surface area contributed by atoms with Crippen molar-refractivity contribution in [2.75, 3.05) is 6.54 Å². The van der Waals surface area contributed by atoms with Crippen LogP contribution in [0.25, 0.3) is 0 Å². The fourth-order valence-corrected chi connectivity index (χ4v) is 2.83. The Morgan fingerprint density at radius 1 is 1.04 bits per heavy atom. The molecule has 0 fully saturated rings. The van der Waals surface area contributed by atoms with Gasteiger partial charge < -0.3 is 9.73 Å². The maximum atomic E-state index is 12.2. The van der Waals surface area contributed by atoms with Crippen LogP contribution in [-0.4, -0.2) is 32.0 Å². The Morgan fingerprint density at radius 3 is 2.28 bits per heavy atom. The molecule has 0 saturated carbocycles. The van der Waals surface area contributed by atoms with Crippen LogP contribution in [0, 0.1) is 27.7 Å². The van der Waals surface area contributed by atoms with E-state index in [4.69, 9.17) is 4.42 Å². The van der Waals surface area contributed by atoms with Gasteiger partial charge in [-0.25, -0.2) is 0 Å². The van der Waals surface area contributed by atoms with Crippen molar-refractivity contribution in [2.45, 2.75) is 40.8 Å². The first-order valence-corrected chi connectivity index (χ1v) is 8.31. The van der Waals surface area contributed by atoms with Crippen molar-refractivity contribution in [3.8, 4) is 0 Å². The number of carbonyl (C=O) groups is 1. The average Bonchev–Trinajstić information content (AvgIpc) is 3.21. The molecule has 7 nitrogen and oxygen atoms in total. The molecule has 0 atom stereocenters. The first kappa shape index (κ1) is 17.0. The van der Waals surface area contributed by atoms with Crippen LogP contribution in [0.3, 0.4) is 0 Å². The van der Waals surface area contributed by atoms with Crippen molar-refractivity contribution < 1.29 is 9.21 Å². The van der Waals surface area contributed by atoms with Gasteiger partial charge in [0.2, 0.25) is 0 Å². The van der Waals surface area contributed by atoms with Crippen LogP contribution >= 0.6 is 0 Å². The molecular formula is C18H23N5O2. The fourth-order valence-electron chi connectivity index (χ4n) is 2.83. The second-order valence-electron chi connectivity index (χ2n) is 6.26. The van der Waals surface area contributed by atoms with E-state index in [-0.39, 0.29) is 5.91 Å². The lowest BCUT2D eigenvalue weighted by Gasteiger charge is -2.05. The highest BCUT2D eigenvalue weighted by atomic mass is 16.4.